The molecule has 4 rings (SSSR count). The van der Waals surface area contributed by atoms with Gasteiger partial charge in [0.2, 0.25) is 0 Å². The van der Waals surface area contributed by atoms with E-state index in [-0.39, 0.29) is 11.3 Å². The van der Waals surface area contributed by atoms with Gasteiger partial charge in [-0.05, 0) is 55.7 Å². The first-order valence-corrected chi connectivity index (χ1v) is 9.93. The SMILES string of the molecule is CN(C(=O)c1c(O)c2ccccc2n(C)c1=O)c1ccc(N2CCCCC2)cc1. The molecule has 0 aliphatic carbocycles. The van der Waals surface area contributed by atoms with Crippen LogP contribution in [0.3, 0.4) is 0 Å². The summed E-state index contributed by atoms with van der Waals surface area (Å²) >= 11 is 0. The molecule has 1 aliphatic rings. The van der Waals surface area contributed by atoms with Crippen molar-refractivity contribution >= 4 is 28.2 Å². The fraction of sp³-hybridized carbons (Fsp3) is 0.304. The monoisotopic (exact) mass is 391 g/mol. The summed E-state index contributed by atoms with van der Waals surface area (Å²) in [6, 6.07) is 14.8. The number of fused-ring (bicyclic) bond motifs is 1. The minimum absolute atomic E-state index is 0.214. The molecule has 0 atom stereocenters. The average molecular weight is 391 g/mol. The average Bonchev–Trinajstić information content (AvgIpc) is 2.78. The molecule has 2 heterocycles. The van der Waals surface area contributed by atoms with Gasteiger partial charge in [-0.2, -0.15) is 0 Å². The molecule has 1 amide bonds. The van der Waals surface area contributed by atoms with Crippen molar-refractivity contribution < 1.29 is 9.90 Å². The summed E-state index contributed by atoms with van der Waals surface area (Å²) in [5, 5.41) is 11.1. The molecule has 0 radical (unpaired) electrons. The predicted molar refractivity (Wildman–Crippen MR) is 116 cm³/mol. The first-order chi connectivity index (χ1) is 14.0. The molecule has 6 heteroatoms. The zero-order chi connectivity index (χ0) is 20.5. The van der Waals surface area contributed by atoms with Crippen molar-refractivity contribution in [1.29, 1.82) is 0 Å². The summed E-state index contributed by atoms with van der Waals surface area (Å²) in [4.78, 5) is 29.7. The summed E-state index contributed by atoms with van der Waals surface area (Å²) < 4.78 is 1.40. The van der Waals surface area contributed by atoms with Crippen LogP contribution >= 0.6 is 0 Å². The molecular weight excluding hydrogens is 366 g/mol. The van der Waals surface area contributed by atoms with E-state index >= 15 is 0 Å². The van der Waals surface area contributed by atoms with Gasteiger partial charge in [0.1, 0.15) is 11.3 Å². The molecule has 1 saturated heterocycles. The van der Waals surface area contributed by atoms with Gasteiger partial charge in [0.05, 0.1) is 5.52 Å². The van der Waals surface area contributed by atoms with Gasteiger partial charge >= 0.3 is 0 Å². The van der Waals surface area contributed by atoms with Crippen LogP contribution in [-0.4, -0.2) is 35.7 Å². The zero-order valence-electron chi connectivity index (χ0n) is 16.8. The number of anilines is 2. The number of piperidine rings is 1. The lowest BCUT2D eigenvalue weighted by Gasteiger charge is -2.29. The van der Waals surface area contributed by atoms with Crippen molar-refractivity contribution in [2.45, 2.75) is 19.3 Å². The number of carbonyl (C=O) groups is 1. The Morgan fingerprint density at radius 2 is 1.66 bits per heavy atom. The molecule has 2 aromatic carbocycles. The summed E-state index contributed by atoms with van der Waals surface area (Å²) in [7, 11) is 3.22. The molecule has 3 aromatic rings. The molecule has 1 N–H and O–H groups in total. The Bertz CT molecular complexity index is 1110. The van der Waals surface area contributed by atoms with Gasteiger partial charge in [-0.1, -0.05) is 12.1 Å². The number of nitrogens with zero attached hydrogens (tertiary/aromatic N) is 3. The number of carbonyl (C=O) groups excluding carboxylic acids is 1. The third-order valence-corrected chi connectivity index (χ3v) is 5.75. The Hall–Kier alpha value is -3.28. The minimum atomic E-state index is -0.528. The van der Waals surface area contributed by atoms with Gasteiger partial charge in [-0.3, -0.25) is 9.59 Å². The molecule has 0 spiro atoms. The molecule has 0 bridgehead atoms. The smallest absolute Gasteiger partial charge is 0.267 e. The van der Waals surface area contributed by atoms with Crippen LogP contribution in [-0.2, 0) is 7.05 Å². The lowest BCUT2D eigenvalue weighted by Crippen LogP contribution is -2.34. The second-order valence-corrected chi connectivity index (χ2v) is 7.53. The van der Waals surface area contributed by atoms with Crippen molar-refractivity contribution in [2.75, 3.05) is 29.9 Å². The number of aryl methyl sites for hydroxylation is 1. The van der Waals surface area contributed by atoms with Gasteiger partial charge in [-0.25, -0.2) is 0 Å². The predicted octanol–water partition coefficient (Wildman–Crippen LogP) is 3.51. The van der Waals surface area contributed by atoms with E-state index in [2.05, 4.69) is 4.90 Å². The van der Waals surface area contributed by atoms with Crippen LogP contribution in [0.1, 0.15) is 29.6 Å². The lowest BCUT2D eigenvalue weighted by atomic mass is 10.1. The first kappa shape index (κ1) is 19.1. The largest absolute Gasteiger partial charge is 0.506 e. The van der Waals surface area contributed by atoms with Crippen molar-refractivity contribution in [3.05, 3.63) is 64.4 Å². The highest BCUT2D eigenvalue weighted by atomic mass is 16.3. The van der Waals surface area contributed by atoms with E-state index in [1.165, 1.54) is 28.7 Å². The van der Waals surface area contributed by atoms with E-state index in [0.717, 1.165) is 18.8 Å². The van der Waals surface area contributed by atoms with Crippen LogP contribution in [0.15, 0.2) is 53.3 Å². The zero-order valence-corrected chi connectivity index (χ0v) is 16.8. The third kappa shape index (κ3) is 3.35. The second kappa shape index (κ2) is 7.62. The number of amides is 1. The van der Waals surface area contributed by atoms with Crippen LogP contribution in [0.2, 0.25) is 0 Å². The van der Waals surface area contributed by atoms with E-state index in [1.807, 2.05) is 24.3 Å². The van der Waals surface area contributed by atoms with E-state index in [0.29, 0.717) is 16.6 Å². The normalized spacial score (nSPS) is 14.2. The van der Waals surface area contributed by atoms with E-state index in [1.54, 1.807) is 38.4 Å². The topological polar surface area (TPSA) is 65.8 Å². The van der Waals surface area contributed by atoms with E-state index in [9.17, 15) is 14.7 Å². The summed E-state index contributed by atoms with van der Waals surface area (Å²) in [5.41, 5.74) is 1.67. The Kier molecular flexibility index (Phi) is 5.01. The maximum absolute atomic E-state index is 13.1. The van der Waals surface area contributed by atoms with Crippen LogP contribution in [0, 0.1) is 0 Å². The van der Waals surface area contributed by atoms with Gasteiger partial charge in [-0.15, -0.1) is 0 Å². The Labute approximate surface area is 169 Å². The van der Waals surface area contributed by atoms with Crippen LogP contribution in [0.4, 0.5) is 11.4 Å². The Morgan fingerprint density at radius 1 is 1.00 bits per heavy atom. The van der Waals surface area contributed by atoms with Crippen molar-refractivity contribution in [2.24, 2.45) is 7.05 Å². The Morgan fingerprint density at radius 3 is 2.34 bits per heavy atom. The number of hydrogen-bond acceptors (Lipinski definition) is 4. The van der Waals surface area contributed by atoms with Gasteiger partial charge in [0, 0.05) is 43.9 Å². The minimum Gasteiger partial charge on any atom is -0.506 e. The lowest BCUT2D eigenvalue weighted by molar-refractivity contribution is 0.0988. The van der Waals surface area contributed by atoms with Gasteiger partial charge in [0.15, 0.2) is 0 Å². The van der Waals surface area contributed by atoms with E-state index in [4.69, 9.17) is 0 Å². The standard InChI is InChI=1S/C23H25N3O3/c1-24(16-10-12-17(13-11-16)26-14-6-3-7-15-26)22(28)20-21(27)18-8-4-5-9-19(18)25(2)23(20)29/h4-5,8-13,27H,3,6-7,14-15H2,1-2H3. The van der Waals surface area contributed by atoms with Crippen molar-refractivity contribution in [1.82, 2.24) is 4.57 Å². The quantitative estimate of drug-likeness (QED) is 0.742. The number of aromatic nitrogens is 1. The van der Waals surface area contributed by atoms with Crippen LogP contribution in [0.25, 0.3) is 10.9 Å². The number of hydrogen-bond donors (Lipinski definition) is 1. The van der Waals surface area contributed by atoms with E-state index < -0.39 is 11.5 Å². The molecule has 6 nitrogen and oxygen atoms in total. The maximum Gasteiger partial charge on any atom is 0.267 e. The molecule has 150 valence electrons. The fourth-order valence-corrected chi connectivity index (χ4v) is 4.00. The molecule has 0 unspecified atom stereocenters. The molecule has 1 aromatic heterocycles. The number of rotatable bonds is 3. The highest BCUT2D eigenvalue weighted by Gasteiger charge is 2.24. The van der Waals surface area contributed by atoms with Crippen molar-refractivity contribution in [3.8, 4) is 5.75 Å². The molecule has 0 saturated carbocycles. The van der Waals surface area contributed by atoms with Crippen molar-refractivity contribution in [3.63, 3.8) is 0 Å². The maximum atomic E-state index is 13.1. The van der Waals surface area contributed by atoms with Crippen LogP contribution < -0.4 is 15.4 Å². The number of para-hydroxylation sites is 1. The molecule has 1 aliphatic heterocycles. The van der Waals surface area contributed by atoms with Gasteiger partial charge in [0.25, 0.3) is 11.5 Å². The summed E-state index contributed by atoms with van der Waals surface area (Å²) in [6.07, 6.45) is 3.67. The number of benzene rings is 2. The summed E-state index contributed by atoms with van der Waals surface area (Å²) in [5.74, 6) is -0.801. The fourth-order valence-electron chi connectivity index (χ4n) is 4.00. The molecule has 1 fully saturated rings. The molecule has 29 heavy (non-hydrogen) atoms. The molecular formula is C23H25N3O3. The highest BCUT2D eigenvalue weighted by molar-refractivity contribution is 6.10. The second-order valence-electron chi connectivity index (χ2n) is 7.53. The van der Waals surface area contributed by atoms with Gasteiger partial charge < -0.3 is 19.5 Å². The highest BCUT2D eigenvalue weighted by Crippen LogP contribution is 2.28. The van der Waals surface area contributed by atoms with Crippen LogP contribution in [0.5, 0.6) is 5.75 Å². The summed E-state index contributed by atoms with van der Waals surface area (Å²) in [6.45, 7) is 2.10. The Balaban J connectivity index is 1.67. The first-order valence-electron chi connectivity index (χ1n) is 9.93. The number of pyridine rings is 1. The number of aromatic hydroxyl groups is 1. The third-order valence-electron chi connectivity index (χ3n) is 5.75.